The molecule has 0 aliphatic rings. The van der Waals surface area contributed by atoms with Gasteiger partial charge in [-0.2, -0.15) is 0 Å². The van der Waals surface area contributed by atoms with Crippen LogP contribution in [0.25, 0.3) is 11.3 Å². The van der Waals surface area contributed by atoms with Crippen LogP contribution in [-0.2, 0) is 0 Å². The van der Waals surface area contributed by atoms with Crippen molar-refractivity contribution >= 4 is 22.5 Å². The molecule has 0 fully saturated rings. The molecular formula is C15H14N4O2S. The maximum Gasteiger partial charge on any atom is 0.333 e. The largest absolute Gasteiger partial charge is 0.497 e. The van der Waals surface area contributed by atoms with Gasteiger partial charge in [-0.1, -0.05) is 0 Å². The first-order valence-electron chi connectivity index (χ1n) is 6.58. The Morgan fingerprint density at radius 2 is 2.09 bits per heavy atom. The van der Waals surface area contributed by atoms with Crippen molar-refractivity contribution in [2.45, 2.75) is 6.92 Å². The first-order chi connectivity index (χ1) is 10.7. The van der Waals surface area contributed by atoms with E-state index in [1.807, 2.05) is 31.2 Å². The number of methoxy groups -OCH3 is 1. The molecule has 0 aliphatic carbocycles. The van der Waals surface area contributed by atoms with Gasteiger partial charge >= 0.3 is 6.03 Å². The number of benzene rings is 1. The van der Waals surface area contributed by atoms with E-state index < -0.39 is 0 Å². The van der Waals surface area contributed by atoms with Crippen LogP contribution in [0.15, 0.2) is 43.0 Å². The second-order valence-electron chi connectivity index (χ2n) is 4.55. The topological polar surface area (TPSA) is 69.0 Å². The molecule has 112 valence electrons. The van der Waals surface area contributed by atoms with Gasteiger partial charge in [-0.15, -0.1) is 11.3 Å². The number of amides is 1. The van der Waals surface area contributed by atoms with Gasteiger partial charge in [-0.3, -0.25) is 9.88 Å². The molecule has 0 spiro atoms. The number of anilines is 1. The Morgan fingerprint density at radius 1 is 1.32 bits per heavy atom. The van der Waals surface area contributed by atoms with E-state index in [2.05, 4.69) is 15.3 Å². The van der Waals surface area contributed by atoms with Crippen LogP contribution in [0.1, 0.15) is 4.88 Å². The molecule has 1 aromatic carbocycles. The van der Waals surface area contributed by atoms with Crippen LogP contribution in [-0.4, -0.2) is 27.7 Å². The zero-order chi connectivity index (χ0) is 15.5. The Hall–Kier alpha value is -2.67. The highest BCUT2D eigenvalue weighted by atomic mass is 32.1. The van der Waals surface area contributed by atoms with Crippen molar-refractivity contribution in [2.24, 2.45) is 0 Å². The molecule has 0 aliphatic heterocycles. The number of thiazole rings is 1. The number of carbonyl (C=O) groups excluding carboxylic acids is 1. The molecule has 3 aromatic rings. The Bertz CT molecular complexity index is 778. The van der Waals surface area contributed by atoms with E-state index in [1.165, 1.54) is 22.2 Å². The van der Waals surface area contributed by atoms with Crippen LogP contribution in [0.3, 0.4) is 0 Å². The summed E-state index contributed by atoms with van der Waals surface area (Å²) in [5, 5.41) is 3.32. The van der Waals surface area contributed by atoms with Gasteiger partial charge in [0, 0.05) is 22.8 Å². The predicted molar refractivity (Wildman–Crippen MR) is 85.5 cm³/mol. The minimum Gasteiger partial charge on any atom is -0.497 e. The van der Waals surface area contributed by atoms with Crippen molar-refractivity contribution in [3.05, 3.63) is 47.9 Å². The number of aromatic nitrogens is 3. The monoisotopic (exact) mass is 314 g/mol. The lowest BCUT2D eigenvalue weighted by molar-refractivity contribution is 0.253. The van der Waals surface area contributed by atoms with E-state index in [-0.39, 0.29) is 6.03 Å². The van der Waals surface area contributed by atoms with Crippen molar-refractivity contribution < 1.29 is 9.53 Å². The molecule has 0 saturated heterocycles. The number of imidazole rings is 1. The molecule has 1 N–H and O–H groups in total. The van der Waals surface area contributed by atoms with Gasteiger partial charge in [0.2, 0.25) is 0 Å². The zero-order valence-electron chi connectivity index (χ0n) is 12.1. The first kappa shape index (κ1) is 14.3. The number of nitrogens with zero attached hydrogens (tertiary/aromatic N) is 3. The molecule has 0 unspecified atom stereocenters. The highest BCUT2D eigenvalue weighted by Crippen LogP contribution is 2.31. The average molecular weight is 314 g/mol. The summed E-state index contributed by atoms with van der Waals surface area (Å²) in [4.78, 5) is 21.4. The molecule has 2 heterocycles. The Kier molecular flexibility index (Phi) is 3.88. The van der Waals surface area contributed by atoms with Crippen molar-refractivity contribution in [2.75, 3.05) is 12.4 Å². The molecule has 3 rings (SSSR count). The zero-order valence-corrected chi connectivity index (χ0v) is 12.9. The second kappa shape index (κ2) is 5.98. The third-order valence-electron chi connectivity index (χ3n) is 3.11. The first-order valence-corrected chi connectivity index (χ1v) is 7.40. The summed E-state index contributed by atoms with van der Waals surface area (Å²) in [6.07, 6.45) is 4.58. The lowest BCUT2D eigenvalue weighted by atomic mass is 10.1. The van der Waals surface area contributed by atoms with Crippen LogP contribution in [0.4, 0.5) is 9.93 Å². The summed E-state index contributed by atoms with van der Waals surface area (Å²) >= 11 is 1.44. The van der Waals surface area contributed by atoms with Gasteiger partial charge < -0.3 is 4.74 Å². The van der Waals surface area contributed by atoms with E-state index >= 15 is 0 Å². The summed E-state index contributed by atoms with van der Waals surface area (Å²) in [5.41, 5.74) is 1.84. The molecule has 0 bridgehead atoms. The van der Waals surface area contributed by atoms with Crippen LogP contribution >= 0.6 is 11.3 Å². The number of hydrogen-bond acceptors (Lipinski definition) is 5. The maximum atomic E-state index is 12.0. The molecule has 1 amide bonds. The number of hydrogen-bond donors (Lipinski definition) is 1. The summed E-state index contributed by atoms with van der Waals surface area (Å²) in [7, 11) is 1.63. The van der Waals surface area contributed by atoms with Crippen LogP contribution in [0.2, 0.25) is 0 Å². The Labute approximate surface area is 131 Å². The Balaban J connectivity index is 1.82. The molecular weight excluding hydrogens is 300 g/mol. The smallest absolute Gasteiger partial charge is 0.333 e. The summed E-state index contributed by atoms with van der Waals surface area (Å²) in [6.45, 7) is 1.98. The van der Waals surface area contributed by atoms with E-state index in [1.54, 1.807) is 19.5 Å². The Morgan fingerprint density at radius 3 is 2.73 bits per heavy atom. The molecule has 0 radical (unpaired) electrons. The molecule has 2 aromatic heterocycles. The lowest BCUT2D eigenvalue weighted by Crippen LogP contribution is -2.17. The summed E-state index contributed by atoms with van der Waals surface area (Å²) in [5.74, 6) is 0.797. The molecule has 7 heteroatoms. The van der Waals surface area contributed by atoms with Crippen molar-refractivity contribution in [3.63, 3.8) is 0 Å². The van der Waals surface area contributed by atoms with E-state index in [9.17, 15) is 4.79 Å². The predicted octanol–water partition coefficient (Wildman–Crippen LogP) is 3.40. The van der Waals surface area contributed by atoms with Gasteiger partial charge in [0.1, 0.15) is 12.1 Å². The van der Waals surface area contributed by atoms with E-state index in [0.29, 0.717) is 5.13 Å². The average Bonchev–Trinajstić information content (AvgIpc) is 3.17. The lowest BCUT2D eigenvalue weighted by Gasteiger charge is -2.02. The standard InChI is InChI=1S/C15H14N4O2S/c1-10-13(11-3-5-12(21-2)6-4-11)17-14(22-10)18-15(20)19-8-7-16-9-19/h3-9H,1-2H3,(H,17,18,20). The quantitative estimate of drug-likeness (QED) is 0.804. The second-order valence-corrected chi connectivity index (χ2v) is 5.76. The number of aryl methyl sites for hydroxylation is 1. The number of nitrogens with one attached hydrogen (secondary N) is 1. The van der Waals surface area contributed by atoms with Gasteiger partial charge in [0.15, 0.2) is 5.13 Å². The highest BCUT2D eigenvalue weighted by molar-refractivity contribution is 7.16. The third-order valence-corrected chi connectivity index (χ3v) is 4.00. The normalized spacial score (nSPS) is 10.5. The summed E-state index contributed by atoms with van der Waals surface area (Å²) in [6, 6.07) is 7.38. The SMILES string of the molecule is COc1ccc(-c2nc(NC(=O)n3ccnc3)sc2C)cc1. The minimum atomic E-state index is -0.285. The van der Waals surface area contributed by atoms with Gasteiger partial charge in [0.25, 0.3) is 0 Å². The van der Waals surface area contributed by atoms with Crippen LogP contribution in [0, 0.1) is 6.92 Å². The highest BCUT2D eigenvalue weighted by Gasteiger charge is 2.12. The fraction of sp³-hybridized carbons (Fsp3) is 0.133. The van der Waals surface area contributed by atoms with Crippen LogP contribution < -0.4 is 10.1 Å². The molecule has 6 nitrogen and oxygen atoms in total. The maximum absolute atomic E-state index is 12.0. The third kappa shape index (κ3) is 2.84. The molecule has 0 saturated carbocycles. The summed E-state index contributed by atoms with van der Waals surface area (Å²) < 4.78 is 6.52. The van der Waals surface area contributed by atoms with Gasteiger partial charge in [0.05, 0.1) is 12.8 Å². The number of carbonyl (C=O) groups is 1. The van der Waals surface area contributed by atoms with Crippen molar-refractivity contribution in [3.8, 4) is 17.0 Å². The van der Waals surface area contributed by atoms with E-state index in [4.69, 9.17) is 4.74 Å². The van der Waals surface area contributed by atoms with Gasteiger partial charge in [-0.25, -0.2) is 14.8 Å². The molecule has 0 atom stereocenters. The van der Waals surface area contributed by atoms with Crippen LogP contribution in [0.5, 0.6) is 5.75 Å². The van der Waals surface area contributed by atoms with Crippen molar-refractivity contribution in [1.29, 1.82) is 0 Å². The number of ether oxygens (including phenoxy) is 1. The van der Waals surface area contributed by atoms with E-state index in [0.717, 1.165) is 21.9 Å². The fourth-order valence-electron chi connectivity index (χ4n) is 2.00. The number of rotatable bonds is 3. The van der Waals surface area contributed by atoms with Gasteiger partial charge in [-0.05, 0) is 31.2 Å². The fourth-order valence-corrected chi connectivity index (χ4v) is 2.83. The minimum absolute atomic E-state index is 0.285. The molecule has 22 heavy (non-hydrogen) atoms. The van der Waals surface area contributed by atoms with Crippen molar-refractivity contribution in [1.82, 2.24) is 14.5 Å².